The number of nitrogens with one attached hydrogen (secondary N) is 3. The lowest BCUT2D eigenvalue weighted by Gasteiger charge is -2.29. The Morgan fingerprint density at radius 3 is 1.76 bits per heavy atom. The number of hydrogen-bond donors (Lipinski definition) is 6. The fourth-order valence-electron chi connectivity index (χ4n) is 2.41. The molecular formula is C18H33N5O6. The van der Waals surface area contributed by atoms with Gasteiger partial charge in [-0.3, -0.25) is 24.0 Å². The lowest BCUT2D eigenvalue weighted by atomic mass is 9.96. The number of carboxylic acids is 1. The minimum absolute atomic E-state index is 0.291. The molecular weight excluding hydrogens is 382 g/mol. The van der Waals surface area contributed by atoms with Crippen LogP contribution in [0.2, 0.25) is 0 Å². The van der Waals surface area contributed by atoms with E-state index in [1.54, 1.807) is 20.8 Å². The van der Waals surface area contributed by atoms with Crippen molar-refractivity contribution in [3.63, 3.8) is 0 Å². The van der Waals surface area contributed by atoms with Gasteiger partial charge < -0.3 is 32.5 Å². The topological polar surface area (TPSA) is 194 Å². The van der Waals surface area contributed by atoms with Gasteiger partial charge in [-0.1, -0.05) is 34.1 Å². The van der Waals surface area contributed by atoms with Gasteiger partial charge in [0, 0.05) is 0 Å². The number of carbonyl (C=O) groups is 5. The molecule has 29 heavy (non-hydrogen) atoms. The standard InChI is InChI=1S/C18H33N5O6/c1-6-9(4)14(17(27)21-10(5)18(28)29)23-16(26)13(8(2)3)22-15(25)11(19)7-12(20)24/h8-11,13-14H,6-7,19H2,1-5H3,(H2,20,24)(H,21,27)(H,22,25)(H,23,26)(H,28,29). The molecule has 0 aliphatic rings. The van der Waals surface area contributed by atoms with Crippen molar-refractivity contribution in [3.05, 3.63) is 0 Å². The highest BCUT2D eigenvalue weighted by Crippen LogP contribution is 2.11. The van der Waals surface area contributed by atoms with E-state index in [1.165, 1.54) is 6.92 Å². The van der Waals surface area contributed by atoms with Crippen LogP contribution in [-0.4, -0.2) is 58.9 Å². The lowest BCUT2D eigenvalue weighted by molar-refractivity contribution is -0.142. The van der Waals surface area contributed by atoms with Gasteiger partial charge in [0.05, 0.1) is 12.5 Å². The fraction of sp³-hybridized carbons (Fsp3) is 0.722. The molecule has 0 radical (unpaired) electrons. The van der Waals surface area contributed by atoms with E-state index in [1.807, 2.05) is 6.92 Å². The molecule has 0 aromatic heterocycles. The van der Waals surface area contributed by atoms with Gasteiger partial charge >= 0.3 is 5.97 Å². The molecule has 0 aromatic carbocycles. The summed E-state index contributed by atoms with van der Waals surface area (Å²) in [6.45, 7) is 8.25. The Hall–Kier alpha value is -2.69. The second kappa shape index (κ2) is 12.0. The number of aliphatic carboxylic acids is 1. The van der Waals surface area contributed by atoms with Gasteiger partial charge in [-0.2, -0.15) is 0 Å². The van der Waals surface area contributed by atoms with Crippen molar-refractivity contribution in [2.24, 2.45) is 23.3 Å². The number of carbonyl (C=O) groups excluding carboxylic acids is 4. The highest BCUT2D eigenvalue weighted by atomic mass is 16.4. The normalized spacial score (nSPS) is 16.1. The van der Waals surface area contributed by atoms with Gasteiger partial charge in [0.25, 0.3) is 0 Å². The molecule has 5 atom stereocenters. The molecule has 0 saturated carbocycles. The highest BCUT2D eigenvalue weighted by Gasteiger charge is 2.33. The maximum atomic E-state index is 12.8. The molecule has 11 heteroatoms. The first kappa shape index (κ1) is 26.3. The summed E-state index contributed by atoms with van der Waals surface area (Å²) >= 11 is 0. The first-order valence-corrected chi connectivity index (χ1v) is 9.49. The molecule has 11 nitrogen and oxygen atoms in total. The summed E-state index contributed by atoms with van der Waals surface area (Å²) in [5, 5.41) is 16.4. The minimum atomic E-state index is -1.21. The second-order valence-corrected chi connectivity index (χ2v) is 7.45. The Kier molecular flexibility index (Phi) is 10.9. The van der Waals surface area contributed by atoms with Gasteiger partial charge in [0.1, 0.15) is 18.1 Å². The number of primary amides is 1. The molecule has 166 valence electrons. The van der Waals surface area contributed by atoms with E-state index < -0.39 is 53.8 Å². The van der Waals surface area contributed by atoms with Gasteiger partial charge in [-0.15, -0.1) is 0 Å². The fourth-order valence-corrected chi connectivity index (χ4v) is 2.41. The predicted molar refractivity (Wildman–Crippen MR) is 105 cm³/mol. The molecule has 0 saturated heterocycles. The van der Waals surface area contributed by atoms with Crippen molar-refractivity contribution >= 4 is 29.6 Å². The number of nitrogens with two attached hydrogens (primary N) is 2. The van der Waals surface area contributed by atoms with E-state index >= 15 is 0 Å². The average Bonchev–Trinajstić information content (AvgIpc) is 2.61. The van der Waals surface area contributed by atoms with Crippen LogP contribution < -0.4 is 27.4 Å². The predicted octanol–water partition coefficient (Wildman–Crippen LogP) is -1.55. The van der Waals surface area contributed by atoms with Gasteiger partial charge in [-0.25, -0.2) is 0 Å². The third-order valence-corrected chi connectivity index (χ3v) is 4.53. The van der Waals surface area contributed by atoms with Crippen LogP contribution >= 0.6 is 0 Å². The monoisotopic (exact) mass is 415 g/mol. The molecule has 4 amide bonds. The van der Waals surface area contributed by atoms with Crippen molar-refractivity contribution in [1.82, 2.24) is 16.0 Å². The summed E-state index contributed by atoms with van der Waals surface area (Å²) in [7, 11) is 0. The van der Waals surface area contributed by atoms with Crippen molar-refractivity contribution in [2.75, 3.05) is 0 Å². The Morgan fingerprint density at radius 2 is 1.34 bits per heavy atom. The van der Waals surface area contributed by atoms with Crippen LogP contribution in [-0.2, 0) is 24.0 Å². The zero-order valence-electron chi connectivity index (χ0n) is 17.5. The number of amides is 4. The molecule has 0 spiro atoms. The molecule has 5 unspecified atom stereocenters. The smallest absolute Gasteiger partial charge is 0.325 e. The SMILES string of the molecule is CCC(C)C(NC(=O)C(NC(=O)C(N)CC(N)=O)C(C)C)C(=O)NC(C)C(=O)O. The van der Waals surface area contributed by atoms with Crippen LogP contribution in [0.25, 0.3) is 0 Å². The molecule has 0 rings (SSSR count). The summed E-state index contributed by atoms with van der Waals surface area (Å²) in [5.41, 5.74) is 10.6. The molecule has 0 bridgehead atoms. The Labute approximate surface area is 170 Å². The van der Waals surface area contributed by atoms with E-state index in [0.717, 1.165) is 0 Å². The summed E-state index contributed by atoms with van der Waals surface area (Å²) in [4.78, 5) is 59.3. The molecule has 0 aliphatic heterocycles. The average molecular weight is 415 g/mol. The van der Waals surface area contributed by atoms with E-state index in [-0.39, 0.29) is 18.3 Å². The van der Waals surface area contributed by atoms with Crippen molar-refractivity contribution in [3.8, 4) is 0 Å². The Bertz CT molecular complexity index is 624. The largest absolute Gasteiger partial charge is 0.480 e. The third kappa shape index (κ3) is 8.90. The van der Waals surface area contributed by atoms with Crippen molar-refractivity contribution in [1.29, 1.82) is 0 Å². The molecule has 0 fully saturated rings. The van der Waals surface area contributed by atoms with Gasteiger partial charge in [-0.05, 0) is 18.8 Å². The highest BCUT2D eigenvalue weighted by molar-refractivity contribution is 5.95. The van der Waals surface area contributed by atoms with E-state index in [4.69, 9.17) is 16.6 Å². The first-order chi connectivity index (χ1) is 13.3. The summed E-state index contributed by atoms with van der Waals surface area (Å²) in [6.07, 6.45) is 0.172. The first-order valence-electron chi connectivity index (χ1n) is 9.49. The molecule has 0 aromatic rings. The number of carboxylic acid groups (broad SMARTS) is 1. The zero-order chi connectivity index (χ0) is 22.9. The number of hydrogen-bond acceptors (Lipinski definition) is 6. The van der Waals surface area contributed by atoms with E-state index in [2.05, 4.69) is 16.0 Å². The molecule has 0 heterocycles. The van der Waals surface area contributed by atoms with E-state index in [0.29, 0.717) is 6.42 Å². The summed E-state index contributed by atoms with van der Waals surface area (Å²) < 4.78 is 0. The summed E-state index contributed by atoms with van der Waals surface area (Å²) in [5.74, 6) is -4.58. The molecule has 0 aliphatic carbocycles. The quantitative estimate of drug-likeness (QED) is 0.222. The second-order valence-electron chi connectivity index (χ2n) is 7.45. The minimum Gasteiger partial charge on any atom is -0.480 e. The van der Waals surface area contributed by atoms with Crippen LogP contribution in [0.3, 0.4) is 0 Å². The lowest BCUT2D eigenvalue weighted by Crippen LogP contribution is -2.59. The van der Waals surface area contributed by atoms with Crippen LogP contribution in [0.15, 0.2) is 0 Å². The Balaban J connectivity index is 5.34. The van der Waals surface area contributed by atoms with Crippen LogP contribution in [0.5, 0.6) is 0 Å². The molecule has 8 N–H and O–H groups in total. The number of rotatable bonds is 12. The van der Waals surface area contributed by atoms with Crippen LogP contribution in [0, 0.1) is 11.8 Å². The van der Waals surface area contributed by atoms with Crippen molar-refractivity contribution < 1.29 is 29.1 Å². The maximum Gasteiger partial charge on any atom is 0.325 e. The van der Waals surface area contributed by atoms with Crippen LogP contribution in [0.4, 0.5) is 0 Å². The zero-order valence-corrected chi connectivity index (χ0v) is 17.5. The summed E-state index contributed by atoms with van der Waals surface area (Å²) in [6, 6.07) is -4.34. The maximum absolute atomic E-state index is 12.8. The van der Waals surface area contributed by atoms with Gasteiger partial charge in [0.2, 0.25) is 23.6 Å². The van der Waals surface area contributed by atoms with Crippen LogP contribution in [0.1, 0.15) is 47.5 Å². The van der Waals surface area contributed by atoms with E-state index in [9.17, 15) is 24.0 Å². The third-order valence-electron chi connectivity index (χ3n) is 4.53. The Morgan fingerprint density at radius 1 is 0.862 bits per heavy atom. The van der Waals surface area contributed by atoms with Crippen molar-refractivity contribution in [2.45, 2.75) is 71.6 Å². The van der Waals surface area contributed by atoms with Gasteiger partial charge in [0.15, 0.2) is 0 Å².